The summed E-state index contributed by atoms with van der Waals surface area (Å²) in [4.78, 5) is 11.0. The molecule has 44 heavy (non-hydrogen) atoms. The van der Waals surface area contributed by atoms with Crippen LogP contribution in [0.25, 0.3) is 11.1 Å². The van der Waals surface area contributed by atoms with Gasteiger partial charge in [0.2, 0.25) is 5.95 Å². The van der Waals surface area contributed by atoms with Crippen molar-refractivity contribution in [3.63, 3.8) is 0 Å². The molecule has 4 heterocycles. The Hall–Kier alpha value is -3.82. The Morgan fingerprint density at radius 2 is 1.80 bits per heavy atom. The van der Waals surface area contributed by atoms with Gasteiger partial charge in [-0.3, -0.25) is 9.58 Å². The van der Waals surface area contributed by atoms with Gasteiger partial charge in [-0.1, -0.05) is 17.7 Å². The molecule has 1 N–H and O–H groups in total. The van der Waals surface area contributed by atoms with Crippen LogP contribution < -0.4 is 10.1 Å². The summed E-state index contributed by atoms with van der Waals surface area (Å²) in [5.41, 5.74) is 0.186. The highest BCUT2D eigenvalue weighted by Gasteiger charge is 2.39. The average molecular weight is 633 g/mol. The normalized spacial score (nSPS) is 20.4. The van der Waals surface area contributed by atoms with Crippen molar-refractivity contribution in [2.24, 2.45) is 0 Å². The Morgan fingerprint density at radius 1 is 1.07 bits per heavy atom. The van der Waals surface area contributed by atoms with E-state index < -0.39 is 11.9 Å². The zero-order valence-electron chi connectivity index (χ0n) is 24.0. The van der Waals surface area contributed by atoms with E-state index in [9.17, 15) is 13.2 Å². The molecule has 12 nitrogen and oxygen atoms in total. The van der Waals surface area contributed by atoms with Crippen molar-refractivity contribution in [3.8, 4) is 16.9 Å². The van der Waals surface area contributed by atoms with Crippen LogP contribution in [0.3, 0.4) is 0 Å². The number of alkyl halides is 3. The van der Waals surface area contributed by atoms with Gasteiger partial charge in [-0.05, 0) is 60.7 Å². The summed E-state index contributed by atoms with van der Waals surface area (Å²) in [5.74, 6) is 0.475. The second kappa shape index (κ2) is 13.0. The Bertz CT molecular complexity index is 1520. The van der Waals surface area contributed by atoms with Crippen LogP contribution in [0, 0.1) is 0 Å². The predicted octanol–water partition coefficient (Wildman–Crippen LogP) is 5.03. The van der Waals surface area contributed by atoms with Gasteiger partial charge in [-0.25, -0.2) is 14.6 Å². The Balaban J connectivity index is 1.13. The minimum Gasteiger partial charge on any atom is -0.487 e. The molecule has 1 atom stereocenters. The molecule has 2 aliphatic rings. The van der Waals surface area contributed by atoms with E-state index in [1.807, 2.05) is 6.92 Å². The lowest BCUT2D eigenvalue weighted by Gasteiger charge is -2.38. The molecule has 1 aliphatic heterocycles. The summed E-state index contributed by atoms with van der Waals surface area (Å²) in [6.07, 6.45) is 4.38. The molecule has 2 fully saturated rings. The minimum atomic E-state index is -4.64. The number of hydrogen-bond donors (Lipinski definition) is 1. The van der Waals surface area contributed by atoms with Gasteiger partial charge in [0.25, 0.3) is 0 Å². The summed E-state index contributed by atoms with van der Waals surface area (Å²) in [6.45, 7) is 5.54. The monoisotopic (exact) mass is 632 g/mol. The fourth-order valence-corrected chi connectivity index (χ4v) is 5.89. The summed E-state index contributed by atoms with van der Waals surface area (Å²) >= 11 is 6.36. The van der Waals surface area contributed by atoms with Crippen molar-refractivity contribution in [1.29, 1.82) is 0 Å². The fourth-order valence-electron chi connectivity index (χ4n) is 5.73. The summed E-state index contributed by atoms with van der Waals surface area (Å²) in [7, 11) is 0. The van der Waals surface area contributed by atoms with E-state index in [0.717, 1.165) is 57.6 Å². The first-order valence-electron chi connectivity index (χ1n) is 14.5. The van der Waals surface area contributed by atoms with Gasteiger partial charge in [0.1, 0.15) is 18.2 Å². The quantitative estimate of drug-likeness (QED) is 0.269. The lowest BCUT2D eigenvalue weighted by Crippen LogP contribution is -2.45. The molecule has 1 saturated heterocycles. The number of halogens is 4. The molecule has 3 aromatic heterocycles. The molecule has 0 radical (unpaired) electrons. The first kappa shape index (κ1) is 30.2. The van der Waals surface area contributed by atoms with Gasteiger partial charge in [-0.15, -0.1) is 5.10 Å². The zero-order chi connectivity index (χ0) is 30.7. The second-order valence-corrected chi connectivity index (χ2v) is 11.4. The molecule has 1 unspecified atom stereocenters. The van der Waals surface area contributed by atoms with Gasteiger partial charge < -0.3 is 14.8 Å². The highest BCUT2D eigenvalue weighted by Crippen LogP contribution is 2.38. The van der Waals surface area contributed by atoms with E-state index in [-0.39, 0.29) is 23.8 Å². The zero-order valence-corrected chi connectivity index (χ0v) is 24.7. The Kier molecular flexibility index (Phi) is 8.96. The van der Waals surface area contributed by atoms with Crippen LogP contribution >= 0.6 is 11.6 Å². The van der Waals surface area contributed by atoms with E-state index in [1.54, 1.807) is 22.9 Å². The molecule has 0 spiro atoms. The number of hydrogen-bond acceptors (Lipinski definition) is 10. The lowest BCUT2D eigenvalue weighted by atomic mass is 9.90. The molecule has 4 aromatic rings. The maximum absolute atomic E-state index is 14.0. The average Bonchev–Trinajstić information content (AvgIpc) is 3.70. The van der Waals surface area contributed by atoms with Crippen molar-refractivity contribution in [1.82, 2.24) is 44.9 Å². The largest absolute Gasteiger partial charge is 0.487 e. The first-order chi connectivity index (χ1) is 21.2. The lowest BCUT2D eigenvalue weighted by molar-refractivity contribution is -0.141. The van der Waals surface area contributed by atoms with Crippen LogP contribution in [0.1, 0.15) is 44.3 Å². The number of rotatable bonds is 9. The minimum absolute atomic E-state index is 0.0235. The predicted molar refractivity (Wildman–Crippen MR) is 155 cm³/mol. The molecular weight excluding hydrogens is 601 g/mol. The molecule has 1 aliphatic carbocycles. The van der Waals surface area contributed by atoms with Crippen molar-refractivity contribution in [2.45, 2.75) is 63.5 Å². The van der Waals surface area contributed by atoms with E-state index in [4.69, 9.17) is 21.1 Å². The third-order valence-corrected chi connectivity index (χ3v) is 8.24. The van der Waals surface area contributed by atoms with Crippen LogP contribution in [0.5, 0.6) is 5.75 Å². The van der Waals surface area contributed by atoms with Crippen molar-refractivity contribution in [2.75, 3.05) is 31.6 Å². The van der Waals surface area contributed by atoms with E-state index in [2.05, 4.69) is 40.8 Å². The summed E-state index contributed by atoms with van der Waals surface area (Å²) in [6, 6.07) is 5.56. The fraction of sp³-hybridized carbons (Fsp3) is 0.500. The van der Waals surface area contributed by atoms with Crippen molar-refractivity contribution >= 4 is 23.2 Å². The molecule has 16 heteroatoms. The van der Waals surface area contributed by atoms with Gasteiger partial charge in [0.05, 0.1) is 36.5 Å². The number of morpholine rings is 1. The van der Waals surface area contributed by atoms with Crippen LogP contribution in [-0.2, 0) is 17.5 Å². The van der Waals surface area contributed by atoms with E-state index >= 15 is 0 Å². The third-order valence-electron chi connectivity index (χ3n) is 7.93. The van der Waals surface area contributed by atoms with E-state index in [1.165, 1.54) is 29.6 Å². The van der Waals surface area contributed by atoms with Crippen molar-refractivity contribution < 1.29 is 22.6 Å². The van der Waals surface area contributed by atoms with Gasteiger partial charge in [0.15, 0.2) is 5.69 Å². The van der Waals surface area contributed by atoms with Crippen molar-refractivity contribution in [3.05, 3.63) is 53.8 Å². The number of benzene rings is 1. The van der Waals surface area contributed by atoms with E-state index in [0.29, 0.717) is 28.9 Å². The highest BCUT2D eigenvalue weighted by molar-refractivity contribution is 6.32. The number of nitrogens with one attached hydrogen (secondary N) is 1. The standard InChI is InChI=1S/C28H32ClF3N10O2/c1-18(15-41-17-35-38-39-41)44-25-12-19(2-7-23(25)29)20-13-33-27(34-14-20)36-24-16-42(37-26(24)28(30,31)32)22-5-3-21(4-6-22)40-8-10-43-11-9-40/h2,7,12-14,16-18,21-22H,3-6,8-11,15H2,1H3,(H,33,34,36). The summed E-state index contributed by atoms with van der Waals surface area (Å²) in [5, 5.41) is 18.2. The molecule has 0 amide bonds. The Morgan fingerprint density at radius 3 is 2.48 bits per heavy atom. The molecule has 0 bridgehead atoms. The number of ether oxygens (including phenoxy) is 2. The molecule has 1 saturated carbocycles. The molecule has 1 aromatic carbocycles. The highest BCUT2D eigenvalue weighted by atomic mass is 35.5. The van der Waals surface area contributed by atoms with Crippen LogP contribution in [0.2, 0.25) is 5.02 Å². The van der Waals surface area contributed by atoms with Gasteiger partial charge in [-0.2, -0.15) is 18.3 Å². The first-order valence-corrected chi connectivity index (χ1v) is 14.9. The smallest absolute Gasteiger partial charge is 0.437 e. The molecule has 6 rings (SSSR count). The molecule has 234 valence electrons. The number of tetrazole rings is 1. The van der Waals surface area contributed by atoms with Gasteiger partial charge >= 0.3 is 6.18 Å². The number of anilines is 2. The van der Waals surface area contributed by atoms with Gasteiger partial charge in [0, 0.05) is 43.3 Å². The van der Waals surface area contributed by atoms with Crippen LogP contribution in [-0.4, -0.2) is 83.3 Å². The second-order valence-electron chi connectivity index (χ2n) is 11.0. The third kappa shape index (κ3) is 7.11. The Labute approximate surface area is 256 Å². The maximum atomic E-state index is 14.0. The van der Waals surface area contributed by atoms with Crippen LogP contribution in [0.15, 0.2) is 43.1 Å². The number of aromatic nitrogens is 8. The summed E-state index contributed by atoms with van der Waals surface area (Å²) < 4.78 is 56.4. The maximum Gasteiger partial charge on any atom is 0.437 e. The topological polar surface area (TPSA) is 121 Å². The molecular formula is C28H32ClF3N10O2. The van der Waals surface area contributed by atoms with Crippen LogP contribution in [0.4, 0.5) is 24.8 Å². The SMILES string of the molecule is CC(Cn1cnnn1)Oc1cc(-c2cnc(Nc3cn(C4CCC(N5CCOCC5)CC4)nc3C(F)(F)F)nc2)ccc1Cl. The number of nitrogens with zero attached hydrogens (tertiary/aromatic N) is 9.